The average Bonchev–Trinajstić information content (AvgIpc) is 3.00. The van der Waals surface area contributed by atoms with Crippen molar-refractivity contribution in [1.82, 2.24) is 4.98 Å². The summed E-state index contributed by atoms with van der Waals surface area (Å²) in [6.45, 7) is 0.0457. The minimum absolute atomic E-state index is 0.0301. The Labute approximate surface area is 225 Å². The van der Waals surface area contributed by atoms with Gasteiger partial charge in [-0.25, -0.2) is 4.98 Å². The number of anilines is 2. The van der Waals surface area contributed by atoms with E-state index in [0.717, 1.165) is 11.8 Å². The second kappa shape index (κ2) is 11.6. The fraction of sp³-hybridized carbons (Fsp3) is 0.269. The van der Waals surface area contributed by atoms with Crippen molar-refractivity contribution in [3.8, 4) is 0 Å². The highest BCUT2D eigenvalue weighted by atomic mass is 35.5. The number of amides is 2. The lowest BCUT2D eigenvalue weighted by Gasteiger charge is -2.27. The SMILES string of the molecule is CS(=O)(=O)OCCC1CCC(Cl)N(C(=O)c2ccc(NC(=O)c3ccccc3Cl)nc2)c2ccccc21. The predicted molar refractivity (Wildman–Crippen MR) is 144 cm³/mol. The van der Waals surface area contributed by atoms with Crippen LogP contribution in [0.2, 0.25) is 5.02 Å². The summed E-state index contributed by atoms with van der Waals surface area (Å²) in [6.07, 6.45) is 4.04. The Balaban J connectivity index is 1.53. The first-order valence-electron chi connectivity index (χ1n) is 11.6. The number of carbonyl (C=O) groups is 2. The van der Waals surface area contributed by atoms with Crippen molar-refractivity contribution < 1.29 is 22.2 Å². The van der Waals surface area contributed by atoms with E-state index in [1.165, 1.54) is 11.1 Å². The predicted octanol–water partition coefficient (Wildman–Crippen LogP) is 5.44. The molecule has 8 nitrogen and oxygen atoms in total. The van der Waals surface area contributed by atoms with E-state index >= 15 is 0 Å². The van der Waals surface area contributed by atoms with Crippen LogP contribution in [-0.4, -0.2) is 43.6 Å². The number of aromatic nitrogens is 1. The number of pyridine rings is 1. The van der Waals surface area contributed by atoms with Crippen LogP contribution in [0.15, 0.2) is 66.9 Å². The number of halogens is 2. The zero-order valence-electron chi connectivity index (χ0n) is 19.9. The maximum Gasteiger partial charge on any atom is 0.264 e. The molecule has 2 aromatic carbocycles. The summed E-state index contributed by atoms with van der Waals surface area (Å²) < 4.78 is 27.7. The van der Waals surface area contributed by atoms with Gasteiger partial charge in [-0.15, -0.1) is 0 Å². The van der Waals surface area contributed by atoms with E-state index in [1.807, 2.05) is 24.3 Å². The number of fused-ring (bicyclic) bond motifs is 1. The standard InChI is InChI=1S/C26H25Cl2N3O5S/c1-37(34,35)36-15-14-17-10-12-23(28)31(22-9-5-3-6-19(17)22)26(33)18-11-13-24(29-16-18)30-25(32)20-7-2-4-8-21(20)27/h2-9,11,13,16-17,23H,10,12,14-15H2,1H3,(H,29,30,32). The molecular weight excluding hydrogens is 537 g/mol. The molecule has 0 saturated carbocycles. The third kappa shape index (κ3) is 6.67. The van der Waals surface area contributed by atoms with E-state index < -0.39 is 21.5 Å². The van der Waals surface area contributed by atoms with E-state index in [1.54, 1.807) is 36.4 Å². The Morgan fingerprint density at radius 3 is 2.51 bits per heavy atom. The Kier molecular flexibility index (Phi) is 8.49. The number of nitrogens with one attached hydrogen (secondary N) is 1. The molecule has 1 aliphatic heterocycles. The number of alkyl halides is 1. The molecule has 2 amide bonds. The van der Waals surface area contributed by atoms with Crippen molar-refractivity contribution in [3.05, 3.63) is 88.6 Å². The van der Waals surface area contributed by atoms with E-state index in [4.69, 9.17) is 27.4 Å². The summed E-state index contributed by atoms with van der Waals surface area (Å²) >= 11 is 12.8. The summed E-state index contributed by atoms with van der Waals surface area (Å²) in [7, 11) is -3.54. The van der Waals surface area contributed by atoms with Crippen molar-refractivity contribution in [2.24, 2.45) is 0 Å². The Hall–Kier alpha value is -2.98. The van der Waals surface area contributed by atoms with Gasteiger partial charge in [-0.05, 0) is 61.1 Å². The third-order valence-corrected chi connectivity index (χ3v) is 7.36. The number of para-hydroxylation sites is 1. The van der Waals surface area contributed by atoms with Crippen molar-refractivity contribution >= 4 is 56.6 Å². The lowest BCUT2D eigenvalue weighted by molar-refractivity contribution is 0.0982. The lowest BCUT2D eigenvalue weighted by atomic mass is 9.91. The number of rotatable bonds is 7. The zero-order chi connectivity index (χ0) is 26.6. The lowest BCUT2D eigenvalue weighted by Crippen LogP contribution is -2.37. The van der Waals surface area contributed by atoms with Gasteiger partial charge in [0, 0.05) is 11.9 Å². The average molecular weight is 562 g/mol. The van der Waals surface area contributed by atoms with Gasteiger partial charge in [0.05, 0.1) is 29.0 Å². The molecule has 2 heterocycles. The fourth-order valence-corrected chi connectivity index (χ4v) is 5.21. The summed E-state index contributed by atoms with van der Waals surface area (Å²) in [6, 6.07) is 17.2. The van der Waals surface area contributed by atoms with Gasteiger partial charge in [0.25, 0.3) is 21.9 Å². The monoisotopic (exact) mass is 561 g/mol. The molecule has 194 valence electrons. The molecule has 0 bridgehead atoms. The molecule has 37 heavy (non-hydrogen) atoms. The largest absolute Gasteiger partial charge is 0.307 e. The number of carbonyl (C=O) groups excluding carboxylic acids is 2. The first-order chi connectivity index (χ1) is 17.6. The summed E-state index contributed by atoms with van der Waals surface area (Å²) in [4.78, 5) is 31.8. The Bertz CT molecular complexity index is 1400. The van der Waals surface area contributed by atoms with Crippen LogP contribution in [-0.2, 0) is 14.3 Å². The fourth-order valence-electron chi connectivity index (χ4n) is 4.27. The van der Waals surface area contributed by atoms with Gasteiger partial charge in [0.15, 0.2) is 0 Å². The molecule has 2 unspecified atom stereocenters. The first kappa shape index (κ1) is 27.1. The maximum atomic E-state index is 13.6. The molecule has 1 aliphatic rings. The van der Waals surface area contributed by atoms with Gasteiger partial charge in [-0.2, -0.15) is 8.42 Å². The molecule has 3 aromatic rings. The number of hydrogen-bond donors (Lipinski definition) is 1. The van der Waals surface area contributed by atoms with Crippen molar-refractivity contribution in [3.63, 3.8) is 0 Å². The van der Waals surface area contributed by atoms with E-state index in [9.17, 15) is 18.0 Å². The molecule has 0 radical (unpaired) electrons. The van der Waals surface area contributed by atoms with Gasteiger partial charge in [0.1, 0.15) is 11.3 Å². The highest BCUT2D eigenvalue weighted by Crippen LogP contribution is 2.40. The summed E-state index contributed by atoms with van der Waals surface area (Å²) in [5.74, 6) is -0.508. The molecule has 2 atom stereocenters. The highest BCUT2D eigenvalue weighted by molar-refractivity contribution is 7.85. The van der Waals surface area contributed by atoms with Crippen LogP contribution in [0.3, 0.4) is 0 Å². The Morgan fingerprint density at radius 2 is 1.81 bits per heavy atom. The second-order valence-corrected chi connectivity index (χ2v) is 11.2. The van der Waals surface area contributed by atoms with Crippen LogP contribution in [0.1, 0.15) is 51.5 Å². The van der Waals surface area contributed by atoms with Gasteiger partial charge in [0.2, 0.25) is 0 Å². The van der Waals surface area contributed by atoms with Crippen molar-refractivity contribution in [2.75, 3.05) is 23.1 Å². The number of hydrogen-bond acceptors (Lipinski definition) is 6. The second-order valence-electron chi connectivity index (χ2n) is 8.62. The molecule has 4 rings (SSSR count). The highest BCUT2D eigenvalue weighted by Gasteiger charge is 2.32. The molecule has 0 fully saturated rings. The van der Waals surface area contributed by atoms with Gasteiger partial charge in [-0.3, -0.25) is 18.7 Å². The van der Waals surface area contributed by atoms with Crippen LogP contribution in [0.4, 0.5) is 11.5 Å². The minimum atomic E-state index is -3.54. The summed E-state index contributed by atoms with van der Waals surface area (Å²) in [5.41, 5.74) is 1.55. The molecule has 0 saturated heterocycles. The van der Waals surface area contributed by atoms with E-state index in [2.05, 4.69) is 10.3 Å². The molecular formula is C26H25Cl2N3O5S. The van der Waals surface area contributed by atoms with Gasteiger partial charge < -0.3 is 5.32 Å². The molecule has 1 N–H and O–H groups in total. The van der Waals surface area contributed by atoms with Gasteiger partial charge >= 0.3 is 0 Å². The van der Waals surface area contributed by atoms with Crippen LogP contribution in [0, 0.1) is 0 Å². The van der Waals surface area contributed by atoms with E-state index in [0.29, 0.717) is 41.1 Å². The molecule has 1 aromatic heterocycles. The van der Waals surface area contributed by atoms with Gasteiger partial charge in [-0.1, -0.05) is 53.5 Å². The molecule has 11 heteroatoms. The summed E-state index contributed by atoms with van der Waals surface area (Å²) in [5, 5.41) is 3.00. The smallest absolute Gasteiger partial charge is 0.264 e. The molecule has 0 spiro atoms. The Morgan fingerprint density at radius 1 is 1.08 bits per heavy atom. The van der Waals surface area contributed by atoms with Crippen LogP contribution in [0.5, 0.6) is 0 Å². The molecule has 0 aliphatic carbocycles. The third-order valence-electron chi connectivity index (χ3n) is 6.02. The quantitative estimate of drug-likeness (QED) is 0.234. The number of nitrogens with zero attached hydrogens (tertiary/aromatic N) is 2. The normalized spacial score (nSPS) is 17.5. The maximum absolute atomic E-state index is 13.6. The van der Waals surface area contributed by atoms with Crippen LogP contribution in [0.25, 0.3) is 0 Å². The van der Waals surface area contributed by atoms with Crippen LogP contribution < -0.4 is 10.2 Å². The van der Waals surface area contributed by atoms with Crippen LogP contribution >= 0.6 is 23.2 Å². The van der Waals surface area contributed by atoms with E-state index in [-0.39, 0.29) is 24.2 Å². The zero-order valence-corrected chi connectivity index (χ0v) is 22.3. The number of benzene rings is 2. The van der Waals surface area contributed by atoms with Crippen molar-refractivity contribution in [2.45, 2.75) is 30.7 Å². The topological polar surface area (TPSA) is 106 Å². The minimum Gasteiger partial charge on any atom is -0.307 e. The first-order valence-corrected chi connectivity index (χ1v) is 14.2. The van der Waals surface area contributed by atoms with Crippen molar-refractivity contribution in [1.29, 1.82) is 0 Å².